The predicted octanol–water partition coefficient (Wildman–Crippen LogP) is 5.63. The molecule has 5 nitrogen and oxygen atoms in total. The Hall–Kier alpha value is -2.63. The molecule has 2 unspecified atom stereocenters. The molecular weight excluding hydrogens is 458 g/mol. The Labute approximate surface area is 213 Å². The third-order valence-electron chi connectivity index (χ3n) is 7.51. The van der Waals surface area contributed by atoms with Crippen molar-refractivity contribution in [3.63, 3.8) is 0 Å². The highest BCUT2D eigenvalue weighted by atomic mass is 35.5. The number of anilines is 1. The number of hydrogen-bond donors (Lipinski definition) is 1. The molecule has 0 bridgehead atoms. The standard InChI is InChI=1S/C29H34ClN3O2/c1-20-12-14-32(18-24(20)19-33-21(2)29(33)23-6-5-7-25(30)16-23)13-3-4-15-35-26-10-8-22-9-11-28(34)31-27(22)17-26/h5-8,10,16-17,19,21,29H,3-4,9,11-15,18H2,1-2H3/p+1. The molecule has 0 aliphatic carbocycles. The van der Waals surface area contributed by atoms with Crippen molar-refractivity contribution in [2.45, 2.75) is 58.0 Å². The molecule has 0 radical (unpaired) electrons. The number of benzene rings is 2. The van der Waals surface area contributed by atoms with Crippen LogP contribution in [0, 0.1) is 0 Å². The van der Waals surface area contributed by atoms with Crippen LogP contribution in [0.3, 0.4) is 0 Å². The lowest BCUT2D eigenvalue weighted by Gasteiger charge is -2.27. The lowest BCUT2D eigenvalue weighted by Crippen LogP contribution is -2.33. The lowest BCUT2D eigenvalue weighted by atomic mass is 10.0. The summed E-state index contributed by atoms with van der Waals surface area (Å²) >= 11 is 6.22. The van der Waals surface area contributed by atoms with E-state index >= 15 is 0 Å². The third-order valence-corrected chi connectivity index (χ3v) is 7.75. The second kappa shape index (κ2) is 10.5. The van der Waals surface area contributed by atoms with Crippen LogP contribution in [0.25, 0.3) is 0 Å². The number of carbonyl (C=O) groups excluding carboxylic acids is 1. The Morgan fingerprint density at radius 1 is 1.17 bits per heavy atom. The van der Waals surface area contributed by atoms with Gasteiger partial charge in [0.05, 0.1) is 6.61 Å². The molecule has 35 heavy (non-hydrogen) atoms. The molecule has 184 valence electrons. The van der Waals surface area contributed by atoms with Crippen LogP contribution in [0.4, 0.5) is 5.69 Å². The minimum Gasteiger partial charge on any atom is -0.494 e. The van der Waals surface area contributed by atoms with Crippen LogP contribution >= 0.6 is 11.6 Å². The van der Waals surface area contributed by atoms with Crippen LogP contribution in [0.5, 0.6) is 5.75 Å². The molecule has 6 heteroatoms. The molecule has 1 amide bonds. The maximum atomic E-state index is 11.6. The quantitative estimate of drug-likeness (QED) is 0.295. The summed E-state index contributed by atoms with van der Waals surface area (Å²) in [5.74, 6) is 0.922. The molecule has 1 N–H and O–H groups in total. The number of hydrogen-bond acceptors (Lipinski definition) is 3. The third kappa shape index (κ3) is 5.79. The summed E-state index contributed by atoms with van der Waals surface area (Å²) in [6.07, 6.45) is 7.02. The van der Waals surface area contributed by atoms with Gasteiger partial charge in [-0.15, -0.1) is 0 Å². The van der Waals surface area contributed by atoms with E-state index in [0.29, 0.717) is 25.1 Å². The van der Waals surface area contributed by atoms with Crippen LogP contribution in [-0.2, 0) is 11.2 Å². The lowest BCUT2D eigenvalue weighted by molar-refractivity contribution is -0.376. The Morgan fingerprint density at radius 3 is 2.91 bits per heavy atom. The zero-order valence-electron chi connectivity index (χ0n) is 20.7. The zero-order valence-corrected chi connectivity index (χ0v) is 21.5. The number of carbonyl (C=O) groups is 1. The summed E-state index contributed by atoms with van der Waals surface area (Å²) in [6.45, 7) is 8.49. The van der Waals surface area contributed by atoms with Crippen molar-refractivity contribution in [2.24, 2.45) is 0 Å². The molecule has 2 atom stereocenters. The van der Waals surface area contributed by atoms with E-state index in [-0.39, 0.29) is 5.91 Å². The molecule has 0 aromatic heterocycles. The molecule has 3 aliphatic rings. The minimum atomic E-state index is 0.0880. The van der Waals surface area contributed by atoms with E-state index in [1.54, 1.807) is 0 Å². The largest absolute Gasteiger partial charge is 0.494 e. The minimum absolute atomic E-state index is 0.0880. The number of rotatable bonds is 8. The molecule has 5 rings (SSSR count). The number of halogens is 1. The van der Waals surface area contributed by atoms with Crippen molar-refractivity contribution in [2.75, 3.05) is 31.6 Å². The number of nitrogens with one attached hydrogen (secondary N) is 1. The molecule has 1 saturated heterocycles. The maximum Gasteiger partial charge on any atom is 0.239 e. The van der Waals surface area contributed by atoms with Crippen LogP contribution in [0.2, 0.25) is 5.02 Å². The fraction of sp³-hybridized carbons (Fsp3) is 0.448. The van der Waals surface area contributed by atoms with Gasteiger partial charge >= 0.3 is 0 Å². The van der Waals surface area contributed by atoms with Gasteiger partial charge < -0.3 is 10.1 Å². The average molecular weight is 493 g/mol. The van der Waals surface area contributed by atoms with Crippen molar-refractivity contribution in [3.8, 4) is 5.75 Å². The number of amides is 1. The fourth-order valence-corrected chi connectivity index (χ4v) is 5.44. The first kappa shape index (κ1) is 24.1. The van der Waals surface area contributed by atoms with E-state index in [9.17, 15) is 4.79 Å². The van der Waals surface area contributed by atoms with E-state index in [4.69, 9.17) is 16.3 Å². The first-order valence-corrected chi connectivity index (χ1v) is 13.2. The maximum absolute atomic E-state index is 11.6. The van der Waals surface area contributed by atoms with Crippen molar-refractivity contribution < 1.29 is 14.1 Å². The first-order chi connectivity index (χ1) is 17.0. The highest BCUT2D eigenvalue weighted by Gasteiger charge is 2.52. The smallest absolute Gasteiger partial charge is 0.239 e. The average Bonchev–Trinajstić information content (AvgIpc) is 3.48. The first-order valence-electron chi connectivity index (χ1n) is 12.8. The van der Waals surface area contributed by atoms with Crippen molar-refractivity contribution in [1.82, 2.24) is 4.90 Å². The Kier molecular flexibility index (Phi) is 7.26. The van der Waals surface area contributed by atoms with E-state index in [1.807, 2.05) is 24.3 Å². The van der Waals surface area contributed by atoms with Gasteiger partial charge in [0.1, 0.15) is 5.75 Å². The van der Waals surface area contributed by atoms with Crippen molar-refractivity contribution in [3.05, 3.63) is 69.8 Å². The second-order valence-electron chi connectivity index (χ2n) is 10.1. The number of nitrogens with zero attached hydrogens (tertiary/aromatic N) is 2. The molecular formula is C29H35ClN3O2+. The molecule has 2 aromatic rings. The zero-order chi connectivity index (χ0) is 24.4. The van der Waals surface area contributed by atoms with Gasteiger partial charge in [-0.3, -0.25) is 9.69 Å². The predicted molar refractivity (Wildman–Crippen MR) is 142 cm³/mol. The summed E-state index contributed by atoms with van der Waals surface area (Å²) in [5.41, 5.74) is 6.35. The molecule has 0 spiro atoms. The van der Waals surface area contributed by atoms with Crippen molar-refractivity contribution >= 4 is 29.4 Å². The van der Waals surface area contributed by atoms with E-state index in [1.165, 1.54) is 22.3 Å². The van der Waals surface area contributed by atoms with E-state index in [0.717, 1.165) is 61.8 Å². The highest BCUT2D eigenvalue weighted by Crippen LogP contribution is 2.39. The van der Waals surface area contributed by atoms with Crippen LogP contribution in [-0.4, -0.2) is 53.9 Å². The Bertz CT molecular complexity index is 1170. The summed E-state index contributed by atoms with van der Waals surface area (Å²) in [6, 6.07) is 15.2. The number of unbranched alkanes of at least 4 members (excludes halogenated alkanes) is 1. The second-order valence-corrected chi connectivity index (χ2v) is 10.5. The Balaban J connectivity index is 1.08. The van der Waals surface area contributed by atoms with Gasteiger partial charge in [-0.2, -0.15) is 0 Å². The number of ether oxygens (including phenoxy) is 1. The summed E-state index contributed by atoms with van der Waals surface area (Å²) in [5, 5.41) is 3.75. The number of fused-ring (bicyclic) bond motifs is 1. The van der Waals surface area contributed by atoms with Gasteiger partial charge in [0.2, 0.25) is 18.0 Å². The highest BCUT2D eigenvalue weighted by molar-refractivity contribution is 6.30. The molecule has 3 heterocycles. The van der Waals surface area contributed by atoms with Crippen LogP contribution in [0.1, 0.15) is 56.7 Å². The fourth-order valence-electron chi connectivity index (χ4n) is 5.24. The van der Waals surface area contributed by atoms with E-state index in [2.05, 4.69) is 53.1 Å². The summed E-state index contributed by atoms with van der Waals surface area (Å²) < 4.78 is 8.43. The SMILES string of the molecule is CC1=C(C=[N+]2C(C)C2c2cccc(Cl)c2)CN(CCCCOc2ccc3c(c2)NC(=O)CC3)CC1. The van der Waals surface area contributed by atoms with Crippen LogP contribution < -0.4 is 10.1 Å². The van der Waals surface area contributed by atoms with Gasteiger partial charge in [0, 0.05) is 54.3 Å². The summed E-state index contributed by atoms with van der Waals surface area (Å²) in [4.78, 5) is 14.2. The summed E-state index contributed by atoms with van der Waals surface area (Å²) in [7, 11) is 0. The normalized spacial score (nSPS) is 23.3. The molecule has 2 aromatic carbocycles. The van der Waals surface area contributed by atoms with Gasteiger partial charge in [-0.25, -0.2) is 4.58 Å². The molecule has 3 aliphatic heterocycles. The van der Waals surface area contributed by atoms with Crippen molar-refractivity contribution in [1.29, 1.82) is 0 Å². The van der Waals surface area contributed by atoms with Gasteiger partial charge in [-0.05, 0) is 62.9 Å². The monoisotopic (exact) mass is 492 g/mol. The Morgan fingerprint density at radius 2 is 2.06 bits per heavy atom. The van der Waals surface area contributed by atoms with Gasteiger partial charge in [0.25, 0.3) is 0 Å². The van der Waals surface area contributed by atoms with E-state index < -0.39 is 0 Å². The topological polar surface area (TPSA) is 44.6 Å². The van der Waals surface area contributed by atoms with Gasteiger partial charge in [0.15, 0.2) is 6.21 Å². The molecule has 1 fully saturated rings. The van der Waals surface area contributed by atoms with Gasteiger partial charge in [-0.1, -0.05) is 35.4 Å². The van der Waals surface area contributed by atoms with Crippen LogP contribution in [0.15, 0.2) is 53.6 Å². The molecule has 0 saturated carbocycles. The number of aryl methyl sites for hydroxylation is 1.